The third-order valence-corrected chi connectivity index (χ3v) is 3.26. The summed E-state index contributed by atoms with van der Waals surface area (Å²) in [7, 11) is 3.44. The van der Waals surface area contributed by atoms with Crippen molar-refractivity contribution in [3.05, 3.63) is 18.1 Å². The maximum Gasteiger partial charge on any atom is 0.322 e. The first-order valence-corrected chi connectivity index (χ1v) is 6.09. The van der Waals surface area contributed by atoms with Crippen LogP contribution in [-0.2, 0) is 16.1 Å². The average molecular weight is 266 g/mol. The summed E-state index contributed by atoms with van der Waals surface area (Å²) in [5, 5.41) is 9.19. The molecule has 0 aliphatic carbocycles. The minimum absolute atomic E-state index is 0.422. The number of ether oxygens (including phenoxy) is 1. The molecule has 104 valence electrons. The summed E-state index contributed by atoms with van der Waals surface area (Å²) in [4.78, 5) is 23.3. The molecule has 2 heterocycles. The van der Waals surface area contributed by atoms with Crippen molar-refractivity contribution in [1.82, 2.24) is 14.9 Å². The van der Waals surface area contributed by atoms with E-state index in [2.05, 4.69) is 9.97 Å². The van der Waals surface area contributed by atoms with Crippen molar-refractivity contribution < 1.29 is 14.6 Å². The van der Waals surface area contributed by atoms with E-state index in [-0.39, 0.29) is 0 Å². The highest BCUT2D eigenvalue weighted by atomic mass is 16.5. The second-order valence-corrected chi connectivity index (χ2v) is 4.58. The average Bonchev–Trinajstić information content (AvgIpc) is 2.39. The Bertz CT molecular complexity index is 454. The Labute approximate surface area is 111 Å². The summed E-state index contributed by atoms with van der Waals surface area (Å²) in [5.41, 5.74) is 0.790. The molecule has 2 rings (SSSR count). The van der Waals surface area contributed by atoms with Crippen LogP contribution >= 0.6 is 0 Å². The second-order valence-electron chi connectivity index (χ2n) is 4.58. The number of anilines is 1. The molecule has 1 fully saturated rings. The van der Waals surface area contributed by atoms with Crippen LogP contribution in [0.4, 0.5) is 5.82 Å². The van der Waals surface area contributed by atoms with Crippen LogP contribution in [0.1, 0.15) is 5.69 Å². The second kappa shape index (κ2) is 5.94. The van der Waals surface area contributed by atoms with E-state index in [1.165, 1.54) is 6.33 Å². The molecular formula is C12H18N4O3. The van der Waals surface area contributed by atoms with Gasteiger partial charge in [-0.25, -0.2) is 9.97 Å². The van der Waals surface area contributed by atoms with E-state index in [1.807, 2.05) is 22.9 Å². The van der Waals surface area contributed by atoms with Crippen LogP contribution in [-0.4, -0.2) is 65.8 Å². The van der Waals surface area contributed by atoms with Crippen molar-refractivity contribution >= 4 is 11.8 Å². The fourth-order valence-corrected chi connectivity index (χ4v) is 2.13. The van der Waals surface area contributed by atoms with E-state index in [0.717, 1.165) is 18.1 Å². The standard InChI is InChI=1S/C12H18N4O3/c1-15-3-4-16(6-10(15)12(17)18)11-5-9(7-19-2)13-8-14-11/h5,8,10H,3-4,6-7H2,1-2H3,(H,17,18)/t10-/m1/s1. The van der Waals surface area contributed by atoms with Crippen molar-refractivity contribution in [2.45, 2.75) is 12.6 Å². The molecule has 1 aromatic rings. The molecule has 0 aromatic carbocycles. The fraction of sp³-hybridized carbons (Fsp3) is 0.583. The summed E-state index contributed by atoms with van der Waals surface area (Å²) < 4.78 is 5.04. The van der Waals surface area contributed by atoms with Gasteiger partial charge in [-0.1, -0.05) is 0 Å². The zero-order chi connectivity index (χ0) is 13.8. The lowest BCUT2D eigenvalue weighted by molar-refractivity contribution is -0.142. The van der Waals surface area contributed by atoms with Gasteiger partial charge >= 0.3 is 5.97 Å². The molecule has 1 atom stereocenters. The SMILES string of the molecule is COCc1cc(N2CCN(C)[C@@H](C(=O)O)C2)ncn1. The predicted octanol–water partition coefficient (Wildman–Crippen LogP) is -0.172. The third kappa shape index (κ3) is 3.18. The number of hydrogen-bond donors (Lipinski definition) is 1. The Kier molecular flexibility index (Phi) is 4.28. The molecule has 0 radical (unpaired) electrons. The van der Waals surface area contributed by atoms with E-state index < -0.39 is 12.0 Å². The molecular weight excluding hydrogens is 248 g/mol. The van der Waals surface area contributed by atoms with Gasteiger partial charge in [-0.15, -0.1) is 0 Å². The Hall–Kier alpha value is -1.73. The van der Waals surface area contributed by atoms with Crippen molar-refractivity contribution in [2.24, 2.45) is 0 Å². The Morgan fingerprint density at radius 2 is 2.32 bits per heavy atom. The minimum atomic E-state index is -0.807. The number of nitrogens with zero attached hydrogens (tertiary/aromatic N) is 4. The number of aliphatic carboxylic acids is 1. The first kappa shape index (κ1) is 13.7. The monoisotopic (exact) mass is 266 g/mol. The number of likely N-dealkylation sites (N-methyl/N-ethyl adjacent to an activating group) is 1. The lowest BCUT2D eigenvalue weighted by atomic mass is 10.2. The molecule has 0 bridgehead atoms. The number of carboxylic acids is 1. The van der Waals surface area contributed by atoms with Crippen LogP contribution in [0.2, 0.25) is 0 Å². The maximum absolute atomic E-state index is 11.2. The van der Waals surface area contributed by atoms with Gasteiger partial charge in [-0.3, -0.25) is 9.69 Å². The molecule has 1 aliphatic heterocycles. The van der Waals surface area contributed by atoms with Crippen LogP contribution in [0.3, 0.4) is 0 Å². The fourth-order valence-electron chi connectivity index (χ4n) is 2.13. The van der Waals surface area contributed by atoms with Gasteiger partial charge < -0.3 is 14.7 Å². The largest absolute Gasteiger partial charge is 0.480 e. The van der Waals surface area contributed by atoms with E-state index >= 15 is 0 Å². The summed E-state index contributed by atoms with van der Waals surface area (Å²) in [6, 6.07) is 1.34. The van der Waals surface area contributed by atoms with Crippen molar-refractivity contribution in [1.29, 1.82) is 0 Å². The Morgan fingerprint density at radius 3 is 3.00 bits per heavy atom. The van der Waals surface area contributed by atoms with Crippen molar-refractivity contribution in [2.75, 3.05) is 38.7 Å². The van der Waals surface area contributed by atoms with Gasteiger partial charge in [0, 0.05) is 32.8 Å². The Morgan fingerprint density at radius 1 is 1.53 bits per heavy atom. The zero-order valence-corrected chi connectivity index (χ0v) is 11.1. The first-order valence-electron chi connectivity index (χ1n) is 6.09. The highest BCUT2D eigenvalue weighted by Crippen LogP contribution is 2.16. The summed E-state index contributed by atoms with van der Waals surface area (Å²) in [6.45, 7) is 2.30. The number of carboxylic acid groups (broad SMARTS) is 1. The van der Waals surface area contributed by atoms with Gasteiger partial charge in [0.1, 0.15) is 18.2 Å². The molecule has 1 saturated heterocycles. The molecule has 0 unspecified atom stereocenters. The van der Waals surface area contributed by atoms with Crippen molar-refractivity contribution in [3.8, 4) is 0 Å². The van der Waals surface area contributed by atoms with Gasteiger partial charge in [0.25, 0.3) is 0 Å². The number of methoxy groups -OCH3 is 1. The van der Waals surface area contributed by atoms with Crippen LogP contribution in [0, 0.1) is 0 Å². The molecule has 1 aliphatic rings. The summed E-state index contributed by atoms with van der Waals surface area (Å²) >= 11 is 0. The van der Waals surface area contributed by atoms with Crippen LogP contribution in [0.5, 0.6) is 0 Å². The molecule has 0 saturated carbocycles. The lowest BCUT2D eigenvalue weighted by Crippen LogP contribution is -2.55. The third-order valence-electron chi connectivity index (χ3n) is 3.26. The van der Waals surface area contributed by atoms with Gasteiger partial charge in [-0.05, 0) is 7.05 Å². The molecule has 1 N–H and O–H groups in total. The van der Waals surface area contributed by atoms with E-state index in [0.29, 0.717) is 19.7 Å². The van der Waals surface area contributed by atoms with E-state index in [1.54, 1.807) is 7.11 Å². The summed E-state index contributed by atoms with van der Waals surface area (Å²) in [5.74, 6) is -0.0558. The molecule has 19 heavy (non-hydrogen) atoms. The predicted molar refractivity (Wildman–Crippen MR) is 69.0 cm³/mol. The highest BCUT2D eigenvalue weighted by molar-refractivity contribution is 5.74. The topological polar surface area (TPSA) is 78.8 Å². The zero-order valence-electron chi connectivity index (χ0n) is 11.1. The highest BCUT2D eigenvalue weighted by Gasteiger charge is 2.30. The van der Waals surface area contributed by atoms with Crippen LogP contribution < -0.4 is 4.90 Å². The van der Waals surface area contributed by atoms with Gasteiger partial charge in [0.15, 0.2) is 0 Å². The van der Waals surface area contributed by atoms with E-state index in [9.17, 15) is 9.90 Å². The molecule has 0 spiro atoms. The molecule has 0 amide bonds. The van der Waals surface area contributed by atoms with Crippen LogP contribution in [0.15, 0.2) is 12.4 Å². The van der Waals surface area contributed by atoms with Gasteiger partial charge in [0.05, 0.1) is 12.3 Å². The number of aromatic nitrogens is 2. The molecule has 7 heteroatoms. The van der Waals surface area contributed by atoms with Gasteiger partial charge in [0.2, 0.25) is 0 Å². The smallest absolute Gasteiger partial charge is 0.322 e. The quantitative estimate of drug-likeness (QED) is 0.810. The van der Waals surface area contributed by atoms with Gasteiger partial charge in [-0.2, -0.15) is 0 Å². The number of carbonyl (C=O) groups is 1. The number of piperazine rings is 1. The first-order chi connectivity index (χ1) is 9.11. The number of rotatable bonds is 4. The minimum Gasteiger partial charge on any atom is -0.480 e. The van der Waals surface area contributed by atoms with Crippen molar-refractivity contribution in [3.63, 3.8) is 0 Å². The maximum atomic E-state index is 11.2. The van der Waals surface area contributed by atoms with E-state index in [4.69, 9.17) is 4.74 Å². The molecule has 7 nitrogen and oxygen atoms in total. The lowest BCUT2D eigenvalue weighted by Gasteiger charge is -2.37. The number of hydrogen-bond acceptors (Lipinski definition) is 6. The molecule has 1 aromatic heterocycles. The Balaban J connectivity index is 2.13. The summed E-state index contributed by atoms with van der Waals surface area (Å²) in [6.07, 6.45) is 1.48. The normalized spacial score (nSPS) is 20.5. The van der Waals surface area contributed by atoms with Crippen LogP contribution in [0.25, 0.3) is 0 Å².